The van der Waals surface area contributed by atoms with Crippen molar-refractivity contribution >= 4 is 5.91 Å². The molecule has 2 unspecified atom stereocenters. The van der Waals surface area contributed by atoms with Gasteiger partial charge in [-0.25, -0.2) is 15.4 Å². The van der Waals surface area contributed by atoms with Gasteiger partial charge in [0.15, 0.2) is 0 Å². The Balaban J connectivity index is 1.52. The molecule has 2 N–H and O–H groups in total. The summed E-state index contributed by atoms with van der Waals surface area (Å²) in [5.74, 6) is 1.65. The van der Waals surface area contributed by atoms with Crippen LogP contribution < -0.4 is 5.48 Å². The molecule has 1 amide bonds. The number of hydrogen-bond acceptors (Lipinski definition) is 5. The summed E-state index contributed by atoms with van der Waals surface area (Å²) in [7, 11) is 0. The summed E-state index contributed by atoms with van der Waals surface area (Å²) in [4.78, 5) is 19.3. The average molecular weight is 249 g/mol. The highest BCUT2D eigenvalue weighted by Crippen LogP contribution is 2.46. The lowest BCUT2D eigenvalue weighted by Gasteiger charge is -2.52. The van der Waals surface area contributed by atoms with Crippen molar-refractivity contribution in [2.45, 2.75) is 25.4 Å². The lowest BCUT2D eigenvalue weighted by Crippen LogP contribution is -2.54. The number of nitrogens with one attached hydrogen (secondary N) is 1. The third-order valence-corrected chi connectivity index (χ3v) is 3.93. The van der Waals surface area contributed by atoms with E-state index in [0.29, 0.717) is 6.10 Å². The maximum absolute atomic E-state index is 11.1. The fourth-order valence-corrected chi connectivity index (χ4v) is 2.62. The van der Waals surface area contributed by atoms with Gasteiger partial charge in [-0.05, 0) is 18.8 Å². The number of nitrogens with zero attached hydrogens (tertiary/aromatic N) is 2. The smallest absolute Gasteiger partial charge is 0.277 e. The van der Waals surface area contributed by atoms with Crippen molar-refractivity contribution in [1.29, 1.82) is 0 Å². The van der Waals surface area contributed by atoms with Gasteiger partial charge in [0.25, 0.3) is 5.91 Å². The molecule has 0 spiro atoms. The fourth-order valence-electron chi connectivity index (χ4n) is 2.62. The van der Waals surface area contributed by atoms with Crippen LogP contribution in [0.2, 0.25) is 0 Å². The van der Waals surface area contributed by atoms with E-state index < -0.39 is 5.91 Å². The van der Waals surface area contributed by atoms with E-state index in [1.165, 1.54) is 12.4 Å². The molecule has 18 heavy (non-hydrogen) atoms. The van der Waals surface area contributed by atoms with Crippen molar-refractivity contribution in [3.8, 4) is 0 Å². The number of aromatic nitrogens is 2. The number of fused-ring (bicyclic) bond motifs is 1. The second-order valence-corrected chi connectivity index (χ2v) is 4.90. The minimum absolute atomic E-state index is 0.261. The maximum Gasteiger partial charge on any atom is 0.277 e. The Bertz CT molecular complexity index is 448. The van der Waals surface area contributed by atoms with Gasteiger partial charge in [-0.3, -0.25) is 10.0 Å². The van der Waals surface area contributed by atoms with Gasteiger partial charge < -0.3 is 4.74 Å². The Kier molecular flexibility index (Phi) is 2.97. The quantitative estimate of drug-likeness (QED) is 0.601. The summed E-state index contributed by atoms with van der Waals surface area (Å²) < 4.78 is 5.37. The van der Waals surface area contributed by atoms with Crippen molar-refractivity contribution in [3.63, 3.8) is 0 Å². The van der Waals surface area contributed by atoms with Gasteiger partial charge in [-0.15, -0.1) is 0 Å². The van der Waals surface area contributed by atoms with Crippen molar-refractivity contribution in [2.75, 3.05) is 6.61 Å². The van der Waals surface area contributed by atoms with Crippen LogP contribution in [0.3, 0.4) is 0 Å². The maximum atomic E-state index is 11.1. The Morgan fingerprint density at radius 1 is 1.50 bits per heavy atom. The van der Waals surface area contributed by atoms with Crippen LogP contribution in [0.5, 0.6) is 0 Å². The Labute approximate surface area is 104 Å². The normalized spacial score (nSPS) is 28.8. The first-order chi connectivity index (χ1) is 8.78. The summed E-state index contributed by atoms with van der Waals surface area (Å²) in [6.45, 7) is 0.909. The number of ether oxygens (including phenoxy) is 1. The zero-order chi connectivity index (χ0) is 12.5. The highest BCUT2D eigenvalue weighted by Gasteiger charge is 2.48. The molecular weight excluding hydrogens is 234 g/mol. The van der Waals surface area contributed by atoms with Crippen molar-refractivity contribution in [3.05, 3.63) is 23.8 Å². The highest BCUT2D eigenvalue weighted by molar-refractivity contribution is 5.92. The molecule has 1 aliphatic heterocycles. The predicted octanol–water partition coefficient (Wildman–Crippen LogP) is 0.563. The van der Waals surface area contributed by atoms with E-state index in [1.807, 2.05) is 0 Å². The zero-order valence-electron chi connectivity index (χ0n) is 9.87. The number of carbonyl (C=O) groups excluding carboxylic acids is 1. The van der Waals surface area contributed by atoms with E-state index >= 15 is 0 Å². The summed E-state index contributed by atoms with van der Waals surface area (Å²) in [5, 5.41) is 8.47. The van der Waals surface area contributed by atoms with Crippen LogP contribution >= 0.6 is 0 Å². The Hall–Kier alpha value is -1.53. The molecule has 1 saturated carbocycles. The van der Waals surface area contributed by atoms with Gasteiger partial charge in [0.2, 0.25) is 0 Å². The lowest BCUT2D eigenvalue weighted by atomic mass is 9.66. The molecule has 3 atom stereocenters. The van der Waals surface area contributed by atoms with E-state index in [-0.39, 0.29) is 5.56 Å². The van der Waals surface area contributed by atoms with E-state index in [2.05, 4.69) is 9.97 Å². The molecule has 2 fully saturated rings. The molecule has 0 aromatic carbocycles. The van der Waals surface area contributed by atoms with Gasteiger partial charge in [0.1, 0.15) is 5.82 Å². The summed E-state index contributed by atoms with van der Waals surface area (Å²) >= 11 is 0. The van der Waals surface area contributed by atoms with Gasteiger partial charge in [0, 0.05) is 24.7 Å². The Morgan fingerprint density at radius 2 is 2.28 bits per heavy atom. The SMILES string of the molecule is O=C(NO)c1cnc(CCC2C[C@H]3OCC23)nc1. The van der Waals surface area contributed by atoms with E-state index in [1.54, 1.807) is 5.48 Å². The summed E-state index contributed by atoms with van der Waals surface area (Å²) in [5.41, 5.74) is 1.82. The largest absolute Gasteiger partial charge is 0.377 e. The van der Waals surface area contributed by atoms with Gasteiger partial charge >= 0.3 is 0 Å². The van der Waals surface area contributed by atoms with Crippen molar-refractivity contribution in [2.24, 2.45) is 11.8 Å². The average Bonchev–Trinajstić information content (AvgIpc) is 2.40. The predicted molar refractivity (Wildman–Crippen MR) is 60.9 cm³/mol. The van der Waals surface area contributed by atoms with Crippen LogP contribution in [0.4, 0.5) is 0 Å². The third kappa shape index (κ3) is 1.97. The van der Waals surface area contributed by atoms with E-state index in [9.17, 15) is 4.79 Å². The first-order valence-corrected chi connectivity index (χ1v) is 6.15. The van der Waals surface area contributed by atoms with Gasteiger partial charge in [-0.1, -0.05) is 0 Å². The molecular formula is C12H15N3O3. The van der Waals surface area contributed by atoms with Gasteiger partial charge in [-0.2, -0.15) is 0 Å². The first-order valence-electron chi connectivity index (χ1n) is 6.15. The van der Waals surface area contributed by atoms with Crippen LogP contribution in [0.1, 0.15) is 29.0 Å². The number of carbonyl (C=O) groups is 1. The molecule has 6 nitrogen and oxygen atoms in total. The topological polar surface area (TPSA) is 84.3 Å². The summed E-state index contributed by atoms with van der Waals surface area (Å²) in [6, 6.07) is 0. The molecule has 3 rings (SSSR count). The number of rotatable bonds is 4. The second kappa shape index (κ2) is 4.62. The Morgan fingerprint density at radius 3 is 2.78 bits per heavy atom. The third-order valence-electron chi connectivity index (χ3n) is 3.93. The number of hydrogen-bond donors (Lipinski definition) is 2. The van der Waals surface area contributed by atoms with Crippen molar-refractivity contribution in [1.82, 2.24) is 15.4 Å². The molecule has 0 bridgehead atoms. The number of aryl methyl sites for hydroxylation is 1. The van der Waals surface area contributed by atoms with Crippen LogP contribution in [0.25, 0.3) is 0 Å². The van der Waals surface area contributed by atoms with Crippen LogP contribution in [0.15, 0.2) is 12.4 Å². The van der Waals surface area contributed by atoms with Crippen LogP contribution in [-0.4, -0.2) is 33.8 Å². The van der Waals surface area contributed by atoms with E-state index in [4.69, 9.17) is 9.94 Å². The first kappa shape index (κ1) is 11.6. The molecule has 2 heterocycles. The molecule has 1 aliphatic carbocycles. The molecule has 6 heteroatoms. The number of hydroxylamine groups is 1. The second-order valence-electron chi connectivity index (χ2n) is 4.90. The molecule has 1 aromatic heterocycles. The van der Waals surface area contributed by atoms with E-state index in [0.717, 1.165) is 43.5 Å². The minimum atomic E-state index is -0.588. The zero-order valence-corrected chi connectivity index (χ0v) is 9.87. The van der Waals surface area contributed by atoms with Crippen molar-refractivity contribution < 1.29 is 14.7 Å². The molecule has 96 valence electrons. The minimum Gasteiger partial charge on any atom is -0.377 e. The molecule has 2 aliphatic rings. The number of amides is 1. The standard InChI is InChI=1S/C12H15N3O3/c16-12(15-17)8-4-13-11(14-5-8)2-1-7-3-10-9(7)6-18-10/h4-5,7,9-10,17H,1-3,6H2,(H,15,16)/t7?,9?,10-/m1/s1. The molecule has 1 saturated heterocycles. The molecule has 0 radical (unpaired) electrons. The highest BCUT2D eigenvalue weighted by atomic mass is 16.5. The fraction of sp³-hybridized carbons (Fsp3) is 0.583. The monoisotopic (exact) mass is 249 g/mol. The summed E-state index contributed by atoms with van der Waals surface area (Å²) in [6.07, 6.45) is 6.46. The van der Waals surface area contributed by atoms with Crippen LogP contribution in [-0.2, 0) is 11.2 Å². The van der Waals surface area contributed by atoms with Gasteiger partial charge in [0.05, 0.1) is 18.3 Å². The van der Waals surface area contributed by atoms with Crippen LogP contribution in [0, 0.1) is 11.8 Å². The molecule has 1 aromatic rings. The lowest BCUT2D eigenvalue weighted by molar-refractivity contribution is -0.211.